The lowest BCUT2D eigenvalue weighted by Crippen LogP contribution is -2.46. The van der Waals surface area contributed by atoms with E-state index in [0.717, 1.165) is 13.1 Å². The predicted octanol–water partition coefficient (Wildman–Crippen LogP) is 3.09. The van der Waals surface area contributed by atoms with Crippen LogP contribution in [0.1, 0.15) is 23.5 Å². The number of ether oxygens (including phenoxy) is 2. The number of nitrogens with zero attached hydrogens (tertiary/aromatic N) is 1. The highest BCUT2D eigenvalue weighted by Crippen LogP contribution is 2.25. The zero-order valence-electron chi connectivity index (χ0n) is 14.0. The molecule has 1 aromatic heterocycles. The Balaban J connectivity index is 1.46. The largest absolute Gasteiger partial charge is 0.389 e. The lowest BCUT2D eigenvalue weighted by atomic mass is 10.1. The number of aliphatic hydroxyl groups excluding tert-OH is 1. The number of hydrogen-bond acceptors (Lipinski definition) is 5. The number of thiophene rings is 1. The molecule has 1 aromatic carbocycles. The van der Waals surface area contributed by atoms with Crippen molar-refractivity contribution in [3.8, 4) is 0 Å². The van der Waals surface area contributed by atoms with Gasteiger partial charge in [-0.1, -0.05) is 36.4 Å². The van der Waals surface area contributed by atoms with Crippen molar-refractivity contribution in [3.05, 3.63) is 58.3 Å². The van der Waals surface area contributed by atoms with Crippen molar-refractivity contribution in [1.82, 2.24) is 4.90 Å². The molecular weight excluding hydrogens is 322 g/mol. The Labute approximate surface area is 147 Å². The van der Waals surface area contributed by atoms with Crippen molar-refractivity contribution in [1.29, 1.82) is 0 Å². The summed E-state index contributed by atoms with van der Waals surface area (Å²) in [7, 11) is 0. The fourth-order valence-corrected chi connectivity index (χ4v) is 3.72. The van der Waals surface area contributed by atoms with Crippen LogP contribution in [0, 0.1) is 0 Å². The standard InChI is InChI=1S/C19H25NO3S/c1-15-10-20(12-19(23-15)16-6-3-2-4-7-16)11-17(21)13-22-14-18-8-5-9-24-18/h2-9,15,17,19,21H,10-14H2,1H3. The molecule has 24 heavy (non-hydrogen) atoms. The van der Waals surface area contributed by atoms with Crippen LogP contribution in [0.5, 0.6) is 0 Å². The van der Waals surface area contributed by atoms with Crippen LogP contribution in [-0.2, 0) is 16.1 Å². The van der Waals surface area contributed by atoms with Gasteiger partial charge in [0, 0.05) is 24.5 Å². The fourth-order valence-electron chi connectivity index (χ4n) is 3.08. The molecule has 4 nitrogen and oxygen atoms in total. The predicted molar refractivity (Wildman–Crippen MR) is 96.2 cm³/mol. The number of β-amino-alcohol motifs (C(OH)–C–C–N with tert-alkyl or cyclic N) is 1. The zero-order chi connectivity index (χ0) is 16.8. The highest BCUT2D eigenvalue weighted by Gasteiger charge is 2.27. The molecule has 0 bridgehead atoms. The van der Waals surface area contributed by atoms with Crippen LogP contribution in [0.2, 0.25) is 0 Å². The lowest BCUT2D eigenvalue weighted by molar-refractivity contribution is -0.0918. The fraction of sp³-hybridized carbons (Fsp3) is 0.474. The van der Waals surface area contributed by atoms with E-state index in [1.165, 1.54) is 10.4 Å². The molecule has 1 aliphatic rings. The summed E-state index contributed by atoms with van der Waals surface area (Å²) >= 11 is 1.67. The molecule has 0 aliphatic carbocycles. The third kappa shape index (κ3) is 5.13. The van der Waals surface area contributed by atoms with Gasteiger partial charge in [-0.15, -0.1) is 11.3 Å². The van der Waals surface area contributed by atoms with Crippen LogP contribution in [-0.4, -0.2) is 48.5 Å². The lowest BCUT2D eigenvalue weighted by Gasteiger charge is -2.37. The van der Waals surface area contributed by atoms with E-state index in [9.17, 15) is 5.11 Å². The molecule has 130 valence electrons. The maximum absolute atomic E-state index is 10.3. The number of benzene rings is 1. The Bertz CT molecular complexity index is 590. The van der Waals surface area contributed by atoms with E-state index in [0.29, 0.717) is 19.8 Å². The van der Waals surface area contributed by atoms with E-state index in [1.807, 2.05) is 35.7 Å². The van der Waals surface area contributed by atoms with Crippen molar-refractivity contribution in [2.75, 3.05) is 26.2 Å². The average molecular weight is 347 g/mol. The van der Waals surface area contributed by atoms with E-state index >= 15 is 0 Å². The maximum Gasteiger partial charge on any atom is 0.0956 e. The van der Waals surface area contributed by atoms with Gasteiger partial charge in [0.05, 0.1) is 31.5 Å². The first kappa shape index (κ1) is 17.6. The van der Waals surface area contributed by atoms with Crippen molar-refractivity contribution in [2.24, 2.45) is 0 Å². The third-order valence-electron chi connectivity index (χ3n) is 4.11. The Morgan fingerprint density at radius 3 is 2.83 bits per heavy atom. The minimum absolute atomic E-state index is 0.0641. The van der Waals surface area contributed by atoms with Crippen molar-refractivity contribution in [3.63, 3.8) is 0 Å². The molecule has 3 rings (SSSR count). The number of hydrogen-bond donors (Lipinski definition) is 1. The van der Waals surface area contributed by atoms with Gasteiger partial charge in [-0.05, 0) is 23.9 Å². The summed E-state index contributed by atoms with van der Waals surface area (Å²) in [5, 5.41) is 12.3. The Kier molecular flexibility index (Phi) is 6.40. The summed E-state index contributed by atoms with van der Waals surface area (Å²) in [5.41, 5.74) is 1.19. The third-order valence-corrected chi connectivity index (χ3v) is 4.96. The minimum Gasteiger partial charge on any atom is -0.389 e. The van der Waals surface area contributed by atoms with Gasteiger partial charge < -0.3 is 14.6 Å². The monoisotopic (exact) mass is 347 g/mol. The minimum atomic E-state index is -0.480. The first-order valence-corrected chi connectivity index (χ1v) is 9.29. The highest BCUT2D eigenvalue weighted by atomic mass is 32.1. The number of morpholine rings is 1. The van der Waals surface area contributed by atoms with Crippen LogP contribution in [0.4, 0.5) is 0 Å². The summed E-state index contributed by atoms with van der Waals surface area (Å²) < 4.78 is 11.7. The molecule has 1 aliphatic heterocycles. The molecule has 0 spiro atoms. The molecule has 2 aromatic rings. The molecule has 5 heteroatoms. The SMILES string of the molecule is CC1CN(CC(O)COCc2cccs2)CC(c2ccccc2)O1. The van der Waals surface area contributed by atoms with E-state index in [-0.39, 0.29) is 12.2 Å². The maximum atomic E-state index is 10.3. The molecular formula is C19H25NO3S. The van der Waals surface area contributed by atoms with Gasteiger partial charge in [-0.3, -0.25) is 4.90 Å². The summed E-state index contributed by atoms with van der Waals surface area (Å²) in [6, 6.07) is 14.3. The number of rotatable bonds is 7. The normalized spacial score (nSPS) is 23.2. The highest BCUT2D eigenvalue weighted by molar-refractivity contribution is 7.09. The van der Waals surface area contributed by atoms with Gasteiger partial charge in [0.25, 0.3) is 0 Å². The summed E-state index contributed by atoms with van der Waals surface area (Å²) in [4.78, 5) is 3.46. The first-order chi connectivity index (χ1) is 11.7. The smallest absolute Gasteiger partial charge is 0.0956 e. The molecule has 1 N–H and O–H groups in total. The Hall–Kier alpha value is -1.24. The summed E-state index contributed by atoms with van der Waals surface area (Å²) in [6.07, 6.45) is -0.260. The van der Waals surface area contributed by atoms with Crippen molar-refractivity contribution in [2.45, 2.75) is 31.8 Å². The van der Waals surface area contributed by atoms with Gasteiger partial charge in [0.2, 0.25) is 0 Å². The molecule has 3 unspecified atom stereocenters. The molecule has 0 saturated carbocycles. The molecule has 0 amide bonds. The van der Waals surface area contributed by atoms with Crippen LogP contribution in [0.25, 0.3) is 0 Å². The van der Waals surface area contributed by atoms with Crippen LogP contribution < -0.4 is 0 Å². The second kappa shape index (κ2) is 8.74. The topological polar surface area (TPSA) is 41.9 Å². The van der Waals surface area contributed by atoms with Gasteiger partial charge in [-0.2, -0.15) is 0 Å². The van der Waals surface area contributed by atoms with Crippen molar-refractivity contribution < 1.29 is 14.6 Å². The van der Waals surface area contributed by atoms with E-state index < -0.39 is 6.10 Å². The van der Waals surface area contributed by atoms with E-state index in [2.05, 4.69) is 24.0 Å². The van der Waals surface area contributed by atoms with Gasteiger partial charge in [0.15, 0.2) is 0 Å². The molecule has 0 radical (unpaired) electrons. The van der Waals surface area contributed by atoms with Gasteiger partial charge >= 0.3 is 0 Å². The van der Waals surface area contributed by atoms with Crippen LogP contribution in [0.15, 0.2) is 47.8 Å². The van der Waals surface area contributed by atoms with Gasteiger partial charge in [0.1, 0.15) is 0 Å². The zero-order valence-corrected chi connectivity index (χ0v) is 14.8. The Morgan fingerprint density at radius 1 is 1.25 bits per heavy atom. The van der Waals surface area contributed by atoms with E-state index in [1.54, 1.807) is 11.3 Å². The molecule has 1 saturated heterocycles. The molecule has 1 fully saturated rings. The van der Waals surface area contributed by atoms with Gasteiger partial charge in [-0.25, -0.2) is 0 Å². The second-order valence-electron chi connectivity index (χ2n) is 6.31. The number of aliphatic hydroxyl groups is 1. The first-order valence-electron chi connectivity index (χ1n) is 8.41. The summed E-state index contributed by atoms with van der Waals surface area (Å²) in [5.74, 6) is 0. The second-order valence-corrected chi connectivity index (χ2v) is 7.35. The average Bonchev–Trinajstić information content (AvgIpc) is 3.08. The van der Waals surface area contributed by atoms with Crippen molar-refractivity contribution >= 4 is 11.3 Å². The Morgan fingerprint density at radius 2 is 2.08 bits per heavy atom. The van der Waals surface area contributed by atoms with Crippen LogP contribution >= 0.6 is 11.3 Å². The molecule has 2 heterocycles. The quantitative estimate of drug-likeness (QED) is 0.836. The van der Waals surface area contributed by atoms with E-state index in [4.69, 9.17) is 9.47 Å². The molecule has 3 atom stereocenters. The summed E-state index contributed by atoms with van der Waals surface area (Å²) in [6.45, 7) is 5.27. The van der Waals surface area contributed by atoms with Crippen LogP contribution in [0.3, 0.4) is 0 Å².